The van der Waals surface area contributed by atoms with Crippen LogP contribution >= 0.6 is 0 Å². The Morgan fingerprint density at radius 2 is 1.46 bits per heavy atom. The molecule has 0 bridgehead atoms. The quantitative estimate of drug-likeness (QED) is 0.655. The van der Waals surface area contributed by atoms with Crippen LogP contribution in [0, 0.1) is 0 Å². The first-order chi connectivity index (χ1) is 11.6. The summed E-state index contributed by atoms with van der Waals surface area (Å²) >= 11 is 0. The molecule has 1 amide bonds. The second-order valence-electron chi connectivity index (χ2n) is 5.65. The van der Waals surface area contributed by atoms with E-state index in [2.05, 4.69) is 5.32 Å². The summed E-state index contributed by atoms with van der Waals surface area (Å²) in [5.74, 6) is -0.857. The normalized spacial score (nSPS) is 10.1. The minimum absolute atomic E-state index is 0.290. The van der Waals surface area contributed by atoms with Gasteiger partial charge in [-0.15, -0.1) is 0 Å². The molecule has 2 aromatic carbocycles. The Labute approximate surface area is 142 Å². The number of carbonyl (C=O) groups excluding carboxylic acids is 2. The molecule has 0 heterocycles. The van der Waals surface area contributed by atoms with Crippen molar-refractivity contribution in [3.8, 4) is 0 Å². The lowest BCUT2D eigenvalue weighted by Crippen LogP contribution is -2.33. The van der Waals surface area contributed by atoms with Crippen molar-refractivity contribution in [1.82, 2.24) is 5.32 Å². The molecule has 0 aliphatic carbocycles. The Morgan fingerprint density at radius 1 is 0.958 bits per heavy atom. The summed E-state index contributed by atoms with van der Waals surface area (Å²) in [4.78, 5) is 23.7. The van der Waals surface area contributed by atoms with Crippen molar-refractivity contribution in [2.75, 3.05) is 6.61 Å². The summed E-state index contributed by atoms with van der Waals surface area (Å²) < 4.78 is 4.96. The number of carbonyl (C=O) groups is 2. The van der Waals surface area contributed by atoms with Gasteiger partial charge in [-0.25, -0.2) is 4.79 Å². The maximum atomic E-state index is 12.2. The smallest absolute Gasteiger partial charge is 0.331 e. The van der Waals surface area contributed by atoms with Gasteiger partial charge < -0.3 is 10.1 Å². The molecule has 2 rings (SSSR count). The number of benzene rings is 2. The molecule has 0 radical (unpaired) electrons. The summed E-state index contributed by atoms with van der Waals surface area (Å²) in [6, 6.07) is 19.1. The number of rotatable bonds is 6. The van der Waals surface area contributed by atoms with Gasteiger partial charge in [-0.05, 0) is 25.0 Å². The average molecular weight is 323 g/mol. The van der Waals surface area contributed by atoms with Gasteiger partial charge in [0.2, 0.25) is 0 Å². The molecule has 4 nitrogen and oxygen atoms in total. The van der Waals surface area contributed by atoms with E-state index in [0.717, 1.165) is 16.7 Å². The van der Waals surface area contributed by atoms with Gasteiger partial charge >= 0.3 is 5.97 Å². The lowest BCUT2D eigenvalue weighted by molar-refractivity contribution is -0.144. The van der Waals surface area contributed by atoms with E-state index < -0.39 is 5.97 Å². The highest BCUT2D eigenvalue weighted by atomic mass is 16.5. The lowest BCUT2D eigenvalue weighted by atomic mass is 9.99. The molecule has 0 spiro atoms. The number of allylic oxidation sites excluding steroid dienone is 1. The first-order valence-electron chi connectivity index (χ1n) is 7.77. The molecular weight excluding hydrogens is 302 g/mol. The van der Waals surface area contributed by atoms with E-state index in [4.69, 9.17) is 4.74 Å². The van der Waals surface area contributed by atoms with Gasteiger partial charge in [0.05, 0.1) is 6.04 Å². The highest BCUT2D eigenvalue weighted by molar-refractivity contribution is 5.86. The predicted octanol–water partition coefficient (Wildman–Crippen LogP) is 3.40. The van der Waals surface area contributed by atoms with Crippen LogP contribution in [0.5, 0.6) is 0 Å². The Balaban J connectivity index is 2.08. The monoisotopic (exact) mass is 323 g/mol. The minimum atomic E-state index is -0.513. The van der Waals surface area contributed by atoms with Crippen molar-refractivity contribution >= 4 is 11.9 Å². The number of esters is 1. The minimum Gasteiger partial charge on any atom is -0.452 e. The van der Waals surface area contributed by atoms with E-state index in [1.165, 1.54) is 6.08 Å². The van der Waals surface area contributed by atoms with E-state index in [-0.39, 0.29) is 18.6 Å². The molecule has 2 aromatic rings. The van der Waals surface area contributed by atoms with E-state index in [9.17, 15) is 9.59 Å². The van der Waals surface area contributed by atoms with Crippen molar-refractivity contribution in [2.45, 2.75) is 19.9 Å². The lowest BCUT2D eigenvalue weighted by Gasteiger charge is -2.19. The fourth-order valence-corrected chi connectivity index (χ4v) is 2.27. The Kier molecular flexibility index (Phi) is 6.32. The van der Waals surface area contributed by atoms with Gasteiger partial charge in [0, 0.05) is 6.08 Å². The van der Waals surface area contributed by atoms with Crippen LogP contribution in [-0.2, 0) is 14.3 Å². The third-order valence-corrected chi connectivity index (χ3v) is 3.32. The van der Waals surface area contributed by atoms with Gasteiger partial charge in [-0.1, -0.05) is 66.2 Å². The first kappa shape index (κ1) is 17.5. The zero-order valence-corrected chi connectivity index (χ0v) is 13.9. The largest absolute Gasteiger partial charge is 0.452 e. The second kappa shape index (κ2) is 8.67. The van der Waals surface area contributed by atoms with Crippen LogP contribution in [0.15, 0.2) is 72.3 Å². The molecule has 4 heteroatoms. The molecule has 0 saturated heterocycles. The SMILES string of the molecule is CC(C)=CC(=O)OCC(=O)NC(c1ccccc1)c1ccccc1. The second-order valence-corrected chi connectivity index (χ2v) is 5.65. The van der Waals surface area contributed by atoms with Crippen LogP contribution in [0.25, 0.3) is 0 Å². The molecule has 0 saturated carbocycles. The Hall–Kier alpha value is -2.88. The molecule has 124 valence electrons. The van der Waals surface area contributed by atoms with E-state index >= 15 is 0 Å². The fraction of sp³-hybridized carbons (Fsp3) is 0.200. The highest BCUT2D eigenvalue weighted by Gasteiger charge is 2.17. The summed E-state index contributed by atoms with van der Waals surface area (Å²) in [6.07, 6.45) is 1.36. The van der Waals surface area contributed by atoms with Crippen LogP contribution in [0.4, 0.5) is 0 Å². The number of amides is 1. The summed E-state index contributed by atoms with van der Waals surface area (Å²) in [7, 11) is 0. The third kappa shape index (κ3) is 5.39. The van der Waals surface area contributed by atoms with Gasteiger partial charge in [0.1, 0.15) is 0 Å². The molecule has 24 heavy (non-hydrogen) atoms. The number of hydrogen-bond donors (Lipinski definition) is 1. The topological polar surface area (TPSA) is 55.4 Å². The summed E-state index contributed by atoms with van der Waals surface area (Å²) in [6.45, 7) is 3.28. The van der Waals surface area contributed by atoms with Crippen LogP contribution in [-0.4, -0.2) is 18.5 Å². The molecule has 0 unspecified atom stereocenters. The van der Waals surface area contributed by atoms with E-state index in [1.54, 1.807) is 13.8 Å². The van der Waals surface area contributed by atoms with E-state index in [1.807, 2.05) is 60.7 Å². The molecule has 1 N–H and O–H groups in total. The van der Waals surface area contributed by atoms with E-state index in [0.29, 0.717) is 0 Å². The number of hydrogen-bond acceptors (Lipinski definition) is 3. The van der Waals surface area contributed by atoms with Crippen molar-refractivity contribution < 1.29 is 14.3 Å². The van der Waals surface area contributed by atoms with Crippen molar-refractivity contribution in [2.24, 2.45) is 0 Å². The highest BCUT2D eigenvalue weighted by Crippen LogP contribution is 2.21. The summed E-state index contributed by atoms with van der Waals surface area (Å²) in [5.41, 5.74) is 2.76. The molecule has 0 atom stereocenters. The van der Waals surface area contributed by atoms with Crippen molar-refractivity contribution in [3.05, 3.63) is 83.4 Å². The maximum Gasteiger partial charge on any atom is 0.331 e. The van der Waals surface area contributed by atoms with Crippen LogP contribution in [0.3, 0.4) is 0 Å². The predicted molar refractivity (Wildman–Crippen MR) is 93.3 cm³/mol. The van der Waals surface area contributed by atoms with Gasteiger partial charge in [-0.3, -0.25) is 4.79 Å². The molecule has 0 aliphatic heterocycles. The van der Waals surface area contributed by atoms with Crippen molar-refractivity contribution in [3.63, 3.8) is 0 Å². The fourth-order valence-electron chi connectivity index (χ4n) is 2.27. The molecule has 0 fully saturated rings. The summed E-state index contributed by atoms with van der Waals surface area (Å²) in [5, 5.41) is 2.92. The number of ether oxygens (including phenoxy) is 1. The molecule has 0 aromatic heterocycles. The van der Waals surface area contributed by atoms with Crippen LogP contribution in [0.1, 0.15) is 31.0 Å². The Bertz CT molecular complexity index is 665. The molecule has 0 aliphatic rings. The molecular formula is C20H21NO3. The average Bonchev–Trinajstić information content (AvgIpc) is 2.59. The maximum absolute atomic E-state index is 12.2. The van der Waals surface area contributed by atoms with Crippen LogP contribution < -0.4 is 5.32 Å². The van der Waals surface area contributed by atoms with Gasteiger partial charge in [0.25, 0.3) is 5.91 Å². The Morgan fingerprint density at radius 3 is 1.92 bits per heavy atom. The van der Waals surface area contributed by atoms with Gasteiger partial charge in [0.15, 0.2) is 6.61 Å². The van der Waals surface area contributed by atoms with Crippen LogP contribution in [0.2, 0.25) is 0 Å². The zero-order chi connectivity index (χ0) is 17.4. The number of nitrogens with one attached hydrogen (secondary N) is 1. The van der Waals surface area contributed by atoms with Crippen molar-refractivity contribution in [1.29, 1.82) is 0 Å². The third-order valence-electron chi connectivity index (χ3n) is 3.32. The first-order valence-corrected chi connectivity index (χ1v) is 7.77. The van der Waals surface area contributed by atoms with Gasteiger partial charge in [-0.2, -0.15) is 0 Å². The zero-order valence-electron chi connectivity index (χ0n) is 13.9. The standard InChI is InChI=1S/C20H21NO3/c1-15(2)13-19(23)24-14-18(22)21-20(16-9-5-3-6-10-16)17-11-7-4-8-12-17/h3-13,20H,14H2,1-2H3,(H,21,22).